The summed E-state index contributed by atoms with van der Waals surface area (Å²) in [5.41, 5.74) is 0. The van der Waals surface area contributed by atoms with Gasteiger partial charge < -0.3 is 15.2 Å². The number of carbonyl (C=O) groups excluding carboxylic acids is 2. The Morgan fingerprint density at radius 3 is 1.69 bits per heavy atom. The average molecular weight is 414 g/mol. The molecule has 5 nitrogen and oxygen atoms in total. The molecule has 0 spiro atoms. The summed E-state index contributed by atoms with van der Waals surface area (Å²) in [5, 5.41) is 12.5. The molecule has 0 aliphatic rings. The number of esters is 1. The molecule has 29 heavy (non-hydrogen) atoms. The molecule has 2 N–H and O–H groups in total. The zero-order valence-electron chi connectivity index (χ0n) is 19.3. The van der Waals surface area contributed by atoms with Crippen molar-refractivity contribution in [3.63, 3.8) is 0 Å². The molecule has 0 heterocycles. The summed E-state index contributed by atoms with van der Waals surface area (Å²) >= 11 is 0. The number of carbonyl (C=O) groups is 2. The highest BCUT2D eigenvalue weighted by Gasteiger charge is 2.26. The van der Waals surface area contributed by atoms with E-state index in [0.29, 0.717) is 13.0 Å². The number of rotatable bonds is 20. The largest absolute Gasteiger partial charge is 0.464 e. The second-order valence-corrected chi connectivity index (χ2v) is 8.30. The topological polar surface area (TPSA) is 75.6 Å². The van der Waals surface area contributed by atoms with Crippen molar-refractivity contribution in [2.45, 2.75) is 136 Å². The van der Waals surface area contributed by atoms with Crippen LogP contribution >= 0.6 is 0 Å². The Morgan fingerprint density at radius 2 is 1.21 bits per heavy atom. The fraction of sp³-hybridized carbons (Fsp3) is 0.917. The minimum absolute atomic E-state index is 0.187. The van der Waals surface area contributed by atoms with E-state index in [9.17, 15) is 14.7 Å². The Balaban J connectivity index is 3.87. The van der Waals surface area contributed by atoms with Gasteiger partial charge >= 0.3 is 5.97 Å². The summed E-state index contributed by atoms with van der Waals surface area (Å²) in [4.78, 5) is 24.3. The first-order valence-corrected chi connectivity index (χ1v) is 12.2. The first-order valence-electron chi connectivity index (χ1n) is 12.2. The van der Waals surface area contributed by atoms with Crippen LogP contribution in [0.15, 0.2) is 0 Å². The summed E-state index contributed by atoms with van der Waals surface area (Å²) in [6.45, 7) is 6.28. The van der Waals surface area contributed by atoms with E-state index in [-0.39, 0.29) is 5.91 Å². The van der Waals surface area contributed by atoms with Gasteiger partial charge in [-0.3, -0.25) is 4.79 Å². The molecule has 0 aromatic carbocycles. The van der Waals surface area contributed by atoms with E-state index in [2.05, 4.69) is 19.2 Å². The van der Waals surface area contributed by atoms with Gasteiger partial charge in [0.1, 0.15) is 0 Å². The number of aliphatic hydroxyl groups excluding tert-OH is 1. The standard InChI is InChI=1S/C24H47NO4/c1-4-6-8-10-12-14-16-18-20-29-24(28)23(21(3)26)25-22(27)19-17-15-13-11-9-7-5-2/h21,23,26H,4-20H2,1-3H3,(H,25,27)/t21?,23-/m0/s1. The monoisotopic (exact) mass is 413 g/mol. The van der Waals surface area contributed by atoms with E-state index in [1.165, 1.54) is 64.7 Å². The maximum atomic E-state index is 12.2. The summed E-state index contributed by atoms with van der Waals surface area (Å²) in [6, 6.07) is -0.971. The van der Waals surface area contributed by atoms with Crippen LogP contribution in [0, 0.1) is 0 Å². The first kappa shape index (κ1) is 27.9. The van der Waals surface area contributed by atoms with Crippen LogP contribution in [-0.4, -0.2) is 35.7 Å². The van der Waals surface area contributed by atoms with Crippen LogP contribution in [0.5, 0.6) is 0 Å². The van der Waals surface area contributed by atoms with Crippen molar-refractivity contribution in [2.24, 2.45) is 0 Å². The van der Waals surface area contributed by atoms with E-state index in [1.807, 2.05) is 0 Å². The smallest absolute Gasteiger partial charge is 0.331 e. The molecular weight excluding hydrogens is 366 g/mol. The Kier molecular flexibility index (Phi) is 19.4. The second kappa shape index (κ2) is 20.2. The third kappa shape index (κ3) is 17.5. The molecule has 0 radical (unpaired) electrons. The lowest BCUT2D eigenvalue weighted by atomic mass is 10.1. The Morgan fingerprint density at radius 1 is 0.759 bits per heavy atom. The van der Waals surface area contributed by atoms with Crippen molar-refractivity contribution in [1.29, 1.82) is 0 Å². The molecule has 0 bridgehead atoms. The van der Waals surface area contributed by atoms with Crippen molar-refractivity contribution in [2.75, 3.05) is 6.61 Å². The summed E-state index contributed by atoms with van der Waals surface area (Å²) in [5.74, 6) is -0.718. The average Bonchev–Trinajstić information content (AvgIpc) is 2.69. The molecule has 0 aliphatic carbocycles. The van der Waals surface area contributed by atoms with Crippen molar-refractivity contribution in [3.05, 3.63) is 0 Å². The number of hydrogen-bond acceptors (Lipinski definition) is 4. The summed E-state index contributed by atoms with van der Waals surface area (Å²) < 4.78 is 5.28. The zero-order chi connectivity index (χ0) is 21.7. The van der Waals surface area contributed by atoms with Gasteiger partial charge in [-0.15, -0.1) is 0 Å². The number of hydrogen-bond donors (Lipinski definition) is 2. The molecule has 5 heteroatoms. The van der Waals surface area contributed by atoms with E-state index < -0.39 is 18.1 Å². The Hall–Kier alpha value is -1.10. The van der Waals surface area contributed by atoms with Crippen LogP contribution in [0.4, 0.5) is 0 Å². The highest BCUT2D eigenvalue weighted by atomic mass is 16.5. The predicted octanol–water partition coefficient (Wildman–Crippen LogP) is 5.68. The van der Waals surface area contributed by atoms with Gasteiger partial charge in [0.05, 0.1) is 12.7 Å². The molecular formula is C24H47NO4. The van der Waals surface area contributed by atoms with E-state index in [0.717, 1.165) is 38.5 Å². The SMILES string of the molecule is CCCCCCCCCCOC(=O)[C@@H](NC(=O)CCCCCCCCC)C(C)O. The van der Waals surface area contributed by atoms with Gasteiger partial charge in [-0.2, -0.15) is 0 Å². The molecule has 1 amide bonds. The molecule has 172 valence electrons. The van der Waals surface area contributed by atoms with Crippen LogP contribution in [0.1, 0.15) is 124 Å². The molecule has 0 saturated carbocycles. The molecule has 1 unspecified atom stereocenters. The lowest BCUT2D eigenvalue weighted by Crippen LogP contribution is -2.48. The molecule has 0 fully saturated rings. The summed E-state index contributed by atoms with van der Waals surface area (Å²) in [7, 11) is 0. The minimum Gasteiger partial charge on any atom is -0.464 e. The lowest BCUT2D eigenvalue weighted by molar-refractivity contribution is -0.151. The van der Waals surface area contributed by atoms with Gasteiger partial charge in [0.25, 0.3) is 0 Å². The van der Waals surface area contributed by atoms with Crippen molar-refractivity contribution < 1.29 is 19.4 Å². The third-order valence-electron chi connectivity index (χ3n) is 5.30. The molecule has 0 aromatic rings. The van der Waals surface area contributed by atoms with Crippen molar-refractivity contribution >= 4 is 11.9 Å². The van der Waals surface area contributed by atoms with Gasteiger partial charge in [-0.05, 0) is 19.8 Å². The van der Waals surface area contributed by atoms with Crippen LogP contribution in [0.3, 0.4) is 0 Å². The molecule has 0 rings (SSSR count). The first-order chi connectivity index (χ1) is 14.0. The second-order valence-electron chi connectivity index (χ2n) is 8.30. The maximum Gasteiger partial charge on any atom is 0.331 e. The van der Waals surface area contributed by atoms with E-state index in [1.54, 1.807) is 0 Å². The quantitative estimate of drug-likeness (QED) is 0.199. The highest BCUT2D eigenvalue weighted by Crippen LogP contribution is 2.10. The fourth-order valence-corrected chi connectivity index (χ4v) is 3.36. The van der Waals surface area contributed by atoms with E-state index in [4.69, 9.17) is 4.74 Å². The van der Waals surface area contributed by atoms with Crippen molar-refractivity contribution in [3.8, 4) is 0 Å². The Labute approximate surface area is 179 Å². The summed E-state index contributed by atoms with van der Waals surface area (Å²) in [6.07, 6.45) is 16.8. The van der Waals surface area contributed by atoms with Gasteiger partial charge in [0, 0.05) is 6.42 Å². The van der Waals surface area contributed by atoms with E-state index >= 15 is 0 Å². The number of amides is 1. The number of unbranched alkanes of at least 4 members (excludes halogenated alkanes) is 13. The van der Waals surface area contributed by atoms with Gasteiger partial charge in [0.15, 0.2) is 6.04 Å². The molecule has 0 saturated heterocycles. The number of nitrogens with one attached hydrogen (secondary N) is 1. The molecule has 2 atom stereocenters. The van der Waals surface area contributed by atoms with Crippen molar-refractivity contribution in [1.82, 2.24) is 5.32 Å². The Bertz CT molecular complexity index is 398. The van der Waals surface area contributed by atoms with Gasteiger partial charge in [-0.1, -0.05) is 97.3 Å². The number of ether oxygens (including phenoxy) is 1. The van der Waals surface area contributed by atoms with Gasteiger partial charge in [0.2, 0.25) is 5.91 Å². The van der Waals surface area contributed by atoms with Crippen LogP contribution in [-0.2, 0) is 14.3 Å². The molecule has 0 aliphatic heterocycles. The van der Waals surface area contributed by atoms with Crippen LogP contribution in [0.25, 0.3) is 0 Å². The third-order valence-corrected chi connectivity index (χ3v) is 5.30. The van der Waals surface area contributed by atoms with Crippen LogP contribution < -0.4 is 5.32 Å². The zero-order valence-corrected chi connectivity index (χ0v) is 19.3. The fourth-order valence-electron chi connectivity index (χ4n) is 3.36. The normalized spacial score (nSPS) is 13.1. The lowest BCUT2D eigenvalue weighted by Gasteiger charge is -2.20. The maximum absolute atomic E-state index is 12.2. The van der Waals surface area contributed by atoms with Gasteiger partial charge in [-0.25, -0.2) is 4.79 Å². The number of aliphatic hydroxyl groups is 1. The highest BCUT2D eigenvalue weighted by molar-refractivity contribution is 5.84. The molecule has 0 aromatic heterocycles. The predicted molar refractivity (Wildman–Crippen MR) is 120 cm³/mol. The minimum atomic E-state index is -0.971. The van der Waals surface area contributed by atoms with Crippen LogP contribution in [0.2, 0.25) is 0 Å².